The summed E-state index contributed by atoms with van der Waals surface area (Å²) in [5.41, 5.74) is 5.91. The minimum atomic E-state index is -1.03. The quantitative estimate of drug-likeness (QED) is 0.476. The fraction of sp³-hybridized carbons (Fsp3) is 0.0833. The number of methoxy groups -OCH3 is 1. The molecule has 3 aromatic carbocycles. The molecule has 0 amide bonds. The number of aromatic nitrogens is 1. The van der Waals surface area contributed by atoms with Crippen LogP contribution >= 0.6 is 0 Å². The third kappa shape index (κ3) is 3.71. The van der Waals surface area contributed by atoms with Crippen molar-refractivity contribution in [2.24, 2.45) is 5.73 Å². The number of carbonyl (C=O) groups is 1. The van der Waals surface area contributed by atoms with Crippen LogP contribution in [-0.4, -0.2) is 17.9 Å². The minimum absolute atomic E-state index is 0.0336. The van der Waals surface area contributed by atoms with E-state index >= 15 is 0 Å². The van der Waals surface area contributed by atoms with E-state index in [1.807, 2.05) is 0 Å². The van der Waals surface area contributed by atoms with Crippen molar-refractivity contribution < 1.29 is 18.3 Å². The summed E-state index contributed by atoms with van der Waals surface area (Å²) in [6.45, 7) is 0. The topological polar surface area (TPSA) is 85.2 Å². The molecule has 3 N–H and O–H groups in total. The second-order valence-electron chi connectivity index (χ2n) is 7.02. The molecule has 0 fully saturated rings. The van der Waals surface area contributed by atoms with Crippen LogP contribution in [0.5, 0.6) is 5.75 Å². The van der Waals surface area contributed by atoms with Crippen LogP contribution in [0.2, 0.25) is 0 Å². The number of hydrogen-bond acceptors (Lipinski definition) is 4. The second kappa shape index (κ2) is 8.12. The van der Waals surface area contributed by atoms with Crippen LogP contribution in [0.1, 0.15) is 33.1 Å². The van der Waals surface area contributed by atoms with Gasteiger partial charge in [-0.3, -0.25) is 9.59 Å². The van der Waals surface area contributed by atoms with Gasteiger partial charge in [0.1, 0.15) is 17.4 Å². The zero-order valence-corrected chi connectivity index (χ0v) is 16.5. The molecular formula is C24H18F2N2O3. The largest absolute Gasteiger partial charge is 0.497 e. The summed E-state index contributed by atoms with van der Waals surface area (Å²) >= 11 is 0. The van der Waals surface area contributed by atoms with Gasteiger partial charge in [0.05, 0.1) is 18.7 Å². The lowest BCUT2D eigenvalue weighted by Crippen LogP contribution is -2.15. The third-order valence-electron chi connectivity index (χ3n) is 5.16. The van der Waals surface area contributed by atoms with Crippen LogP contribution in [0.15, 0.2) is 71.7 Å². The molecule has 0 bridgehead atoms. The van der Waals surface area contributed by atoms with E-state index < -0.39 is 34.6 Å². The highest BCUT2D eigenvalue weighted by Gasteiger charge is 2.24. The molecule has 0 aliphatic heterocycles. The molecule has 4 aromatic rings. The number of ketones is 1. The van der Waals surface area contributed by atoms with Crippen molar-refractivity contribution in [1.82, 2.24) is 4.98 Å². The van der Waals surface area contributed by atoms with Crippen LogP contribution in [0, 0.1) is 11.6 Å². The Hall–Kier alpha value is -3.84. The van der Waals surface area contributed by atoms with Gasteiger partial charge in [0, 0.05) is 17.1 Å². The summed E-state index contributed by atoms with van der Waals surface area (Å²) in [5.74, 6) is -2.35. The number of carbonyl (C=O) groups excluding carboxylic acids is 1. The maximum atomic E-state index is 14.9. The number of benzene rings is 3. The Bertz CT molecular complexity index is 1340. The molecule has 1 atom stereocenters. The number of halogens is 2. The standard InChI is InChI=1S/C24H18F2N2O3/c1-31-15-5-2-4-13(10-15)22(27)14-11-19(25)21(20(26)12-14)23(29)17-6-3-7-18-16(17)8-9-28-24(18)30/h2-12,22H,27H2,1H3,(H,28,30). The van der Waals surface area contributed by atoms with Gasteiger partial charge in [0.25, 0.3) is 5.56 Å². The predicted molar refractivity (Wildman–Crippen MR) is 113 cm³/mol. The number of aromatic amines is 1. The van der Waals surface area contributed by atoms with Crippen molar-refractivity contribution in [2.45, 2.75) is 6.04 Å². The number of H-pyrrole nitrogens is 1. The summed E-state index contributed by atoms with van der Waals surface area (Å²) in [4.78, 5) is 27.5. The number of rotatable bonds is 5. The van der Waals surface area contributed by atoms with E-state index in [0.29, 0.717) is 16.7 Å². The summed E-state index contributed by atoms with van der Waals surface area (Å²) < 4.78 is 35.0. The van der Waals surface area contributed by atoms with Crippen LogP contribution in [-0.2, 0) is 0 Å². The normalized spacial score (nSPS) is 12.0. The molecule has 31 heavy (non-hydrogen) atoms. The van der Waals surface area contributed by atoms with Gasteiger partial charge in [0.15, 0.2) is 5.78 Å². The van der Waals surface area contributed by atoms with E-state index in [1.165, 1.54) is 37.6 Å². The van der Waals surface area contributed by atoms with E-state index in [-0.39, 0.29) is 16.5 Å². The zero-order chi connectivity index (χ0) is 22.1. The second-order valence-corrected chi connectivity index (χ2v) is 7.02. The summed E-state index contributed by atoms with van der Waals surface area (Å²) in [7, 11) is 1.51. The molecule has 7 heteroatoms. The first kappa shape index (κ1) is 20.4. The van der Waals surface area contributed by atoms with E-state index in [4.69, 9.17) is 10.5 Å². The summed E-state index contributed by atoms with van der Waals surface area (Å²) in [6.07, 6.45) is 1.38. The molecular weight excluding hydrogens is 402 g/mol. The maximum absolute atomic E-state index is 14.9. The average Bonchev–Trinajstić information content (AvgIpc) is 2.78. The van der Waals surface area contributed by atoms with E-state index in [9.17, 15) is 18.4 Å². The monoisotopic (exact) mass is 420 g/mol. The Balaban J connectivity index is 1.77. The van der Waals surface area contributed by atoms with Crippen molar-refractivity contribution in [3.05, 3.63) is 111 Å². The Labute approximate surface area is 176 Å². The zero-order valence-electron chi connectivity index (χ0n) is 16.5. The van der Waals surface area contributed by atoms with Crippen LogP contribution in [0.25, 0.3) is 10.8 Å². The van der Waals surface area contributed by atoms with E-state index in [1.54, 1.807) is 24.3 Å². The minimum Gasteiger partial charge on any atom is -0.497 e. The van der Waals surface area contributed by atoms with E-state index in [0.717, 1.165) is 12.1 Å². The molecule has 0 spiro atoms. The van der Waals surface area contributed by atoms with Crippen molar-refractivity contribution in [3.63, 3.8) is 0 Å². The highest BCUT2D eigenvalue weighted by molar-refractivity contribution is 6.16. The molecule has 0 saturated heterocycles. The van der Waals surface area contributed by atoms with Crippen molar-refractivity contribution in [2.75, 3.05) is 7.11 Å². The number of hydrogen-bond donors (Lipinski definition) is 2. The molecule has 1 heterocycles. The third-order valence-corrected chi connectivity index (χ3v) is 5.16. The molecule has 4 rings (SSSR count). The van der Waals surface area contributed by atoms with Gasteiger partial charge >= 0.3 is 0 Å². The highest BCUT2D eigenvalue weighted by atomic mass is 19.1. The lowest BCUT2D eigenvalue weighted by atomic mass is 9.93. The number of nitrogens with one attached hydrogen (secondary N) is 1. The Morgan fingerprint density at radius 3 is 2.39 bits per heavy atom. The van der Waals surface area contributed by atoms with Crippen molar-refractivity contribution >= 4 is 16.6 Å². The number of nitrogens with two attached hydrogens (primary N) is 1. The van der Waals surface area contributed by atoms with Gasteiger partial charge in [-0.15, -0.1) is 0 Å². The van der Waals surface area contributed by atoms with Gasteiger partial charge < -0.3 is 15.5 Å². The van der Waals surface area contributed by atoms with Crippen molar-refractivity contribution in [1.29, 1.82) is 0 Å². The fourth-order valence-electron chi connectivity index (χ4n) is 3.57. The van der Waals surface area contributed by atoms with Crippen LogP contribution < -0.4 is 16.0 Å². The summed E-state index contributed by atoms with van der Waals surface area (Å²) in [5, 5.41) is 0.568. The van der Waals surface area contributed by atoms with Crippen LogP contribution in [0.3, 0.4) is 0 Å². The Kier molecular flexibility index (Phi) is 5.35. The first-order valence-corrected chi connectivity index (χ1v) is 9.44. The van der Waals surface area contributed by atoms with Gasteiger partial charge in [-0.05, 0) is 52.9 Å². The number of pyridine rings is 1. The Morgan fingerprint density at radius 1 is 0.968 bits per heavy atom. The van der Waals surface area contributed by atoms with E-state index in [2.05, 4.69) is 4.98 Å². The molecule has 0 aliphatic rings. The Morgan fingerprint density at radius 2 is 1.68 bits per heavy atom. The van der Waals surface area contributed by atoms with Gasteiger partial charge in [0.2, 0.25) is 0 Å². The molecule has 1 unspecified atom stereocenters. The lowest BCUT2D eigenvalue weighted by molar-refractivity contribution is 0.103. The molecule has 156 valence electrons. The first-order chi connectivity index (χ1) is 14.9. The predicted octanol–water partition coefficient (Wildman–Crippen LogP) is 4.09. The van der Waals surface area contributed by atoms with Crippen LogP contribution in [0.4, 0.5) is 8.78 Å². The molecule has 5 nitrogen and oxygen atoms in total. The first-order valence-electron chi connectivity index (χ1n) is 9.44. The summed E-state index contributed by atoms with van der Waals surface area (Å²) in [6, 6.07) is 14.1. The lowest BCUT2D eigenvalue weighted by Gasteiger charge is -2.15. The number of fused-ring (bicyclic) bond motifs is 1. The molecule has 1 aromatic heterocycles. The molecule has 0 aliphatic carbocycles. The SMILES string of the molecule is COc1cccc(C(N)c2cc(F)c(C(=O)c3cccc4c(=O)[nH]ccc34)c(F)c2)c1. The number of ether oxygens (including phenoxy) is 1. The highest BCUT2D eigenvalue weighted by Crippen LogP contribution is 2.28. The van der Waals surface area contributed by atoms with Gasteiger partial charge in [-0.25, -0.2) is 8.78 Å². The molecule has 0 radical (unpaired) electrons. The maximum Gasteiger partial charge on any atom is 0.255 e. The van der Waals surface area contributed by atoms with Crippen molar-refractivity contribution in [3.8, 4) is 5.75 Å². The van der Waals surface area contributed by atoms with Gasteiger partial charge in [-0.2, -0.15) is 0 Å². The molecule has 0 saturated carbocycles. The average molecular weight is 420 g/mol. The smallest absolute Gasteiger partial charge is 0.255 e. The fourth-order valence-corrected chi connectivity index (χ4v) is 3.57. The van der Waals surface area contributed by atoms with Gasteiger partial charge in [-0.1, -0.05) is 24.3 Å².